The number of rotatable bonds is 4. The molecule has 0 spiro atoms. The predicted molar refractivity (Wildman–Crippen MR) is 109 cm³/mol. The third-order valence-corrected chi connectivity index (χ3v) is 5.66. The summed E-state index contributed by atoms with van der Waals surface area (Å²) < 4.78 is 40.1. The lowest BCUT2D eigenvalue weighted by Gasteiger charge is -2.42. The largest absolute Gasteiger partial charge is 0.416 e. The summed E-state index contributed by atoms with van der Waals surface area (Å²) in [5.74, 6) is -0.314. The fourth-order valence-corrected chi connectivity index (χ4v) is 3.98. The third kappa shape index (κ3) is 4.19. The normalized spacial score (nSPS) is 23.9. The number of nitrogen functional groups attached to an aromatic ring is 2. The molecule has 0 heterocycles. The zero-order chi connectivity index (χ0) is 21.2. The van der Waals surface area contributed by atoms with Crippen LogP contribution in [0.3, 0.4) is 0 Å². The molecule has 0 radical (unpaired) electrons. The molecule has 2 unspecified atom stereocenters. The molecule has 1 aliphatic rings. The Bertz CT molecular complexity index is 896. The van der Waals surface area contributed by atoms with Gasteiger partial charge in [0.05, 0.1) is 16.9 Å². The van der Waals surface area contributed by atoms with Crippen LogP contribution in [0.1, 0.15) is 42.9 Å². The van der Waals surface area contributed by atoms with Crippen molar-refractivity contribution in [3.8, 4) is 0 Å². The highest BCUT2D eigenvalue weighted by Crippen LogP contribution is 2.49. The average molecular weight is 405 g/mol. The SMILES string of the molecule is CC1CCC/C(=C\NCc2ccccc2)C1(O)c1cc(C(F)(F)F)cc(N)c1N. The van der Waals surface area contributed by atoms with E-state index in [4.69, 9.17) is 11.5 Å². The van der Waals surface area contributed by atoms with Crippen LogP contribution < -0.4 is 16.8 Å². The Morgan fingerprint density at radius 2 is 1.90 bits per heavy atom. The molecule has 0 aliphatic heterocycles. The van der Waals surface area contributed by atoms with Crippen LogP contribution in [0.15, 0.2) is 54.2 Å². The molecule has 29 heavy (non-hydrogen) atoms. The minimum absolute atomic E-state index is 0.0109. The van der Waals surface area contributed by atoms with Gasteiger partial charge in [-0.25, -0.2) is 0 Å². The average Bonchev–Trinajstić information content (AvgIpc) is 2.67. The van der Waals surface area contributed by atoms with Gasteiger partial charge >= 0.3 is 6.18 Å². The molecule has 0 aromatic heterocycles. The highest BCUT2D eigenvalue weighted by Gasteiger charge is 2.45. The van der Waals surface area contributed by atoms with Gasteiger partial charge < -0.3 is 21.9 Å². The summed E-state index contributed by atoms with van der Waals surface area (Å²) in [7, 11) is 0. The van der Waals surface area contributed by atoms with Gasteiger partial charge in [-0.15, -0.1) is 0 Å². The Morgan fingerprint density at radius 3 is 2.55 bits per heavy atom. The number of nitrogens with two attached hydrogens (primary N) is 2. The first-order valence-corrected chi connectivity index (χ1v) is 9.60. The minimum Gasteiger partial charge on any atom is -0.397 e. The summed E-state index contributed by atoms with van der Waals surface area (Å²) in [5.41, 5.74) is 10.8. The molecule has 7 heteroatoms. The van der Waals surface area contributed by atoms with Gasteiger partial charge in [0, 0.05) is 12.1 Å². The van der Waals surface area contributed by atoms with E-state index in [1.54, 1.807) is 6.20 Å². The van der Waals surface area contributed by atoms with E-state index in [2.05, 4.69) is 5.32 Å². The molecule has 1 aliphatic carbocycles. The Kier molecular flexibility index (Phi) is 5.80. The number of aliphatic hydroxyl groups is 1. The summed E-state index contributed by atoms with van der Waals surface area (Å²) in [5, 5.41) is 14.8. The van der Waals surface area contributed by atoms with Crippen LogP contribution in [0, 0.1) is 5.92 Å². The van der Waals surface area contributed by atoms with Crippen molar-refractivity contribution >= 4 is 11.4 Å². The molecule has 2 aromatic rings. The van der Waals surface area contributed by atoms with Crippen LogP contribution >= 0.6 is 0 Å². The molecule has 4 nitrogen and oxygen atoms in total. The first-order valence-electron chi connectivity index (χ1n) is 9.60. The van der Waals surface area contributed by atoms with E-state index < -0.39 is 17.3 Å². The van der Waals surface area contributed by atoms with Crippen molar-refractivity contribution in [2.24, 2.45) is 5.92 Å². The highest BCUT2D eigenvalue weighted by atomic mass is 19.4. The summed E-state index contributed by atoms with van der Waals surface area (Å²) in [4.78, 5) is 0. The zero-order valence-electron chi connectivity index (χ0n) is 16.3. The number of anilines is 2. The van der Waals surface area contributed by atoms with Crippen molar-refractivity contribution in [3.05, 3.63) is 70.9 Å². The fourth-order valence-electron chi connectivity index (χ4n) is 3.98. The topological polar surface area (TPSA) is 84.3 Å². The van der Waals surface area contributed by atoms with Crippen LogP contribution in [0.4, 0.5) is 24.5 Å². The monoisotopic (exact) mass is 405 g/mol. The molecule has 3 rings (SSSR count). The molecular formula is C22H26F3N3O. The van der Waals surface area contributed by atoms with Crippen LogP contribution in [0.25, 0.3) is 0 Å². The lowest BCUT2D eigenvalue weighted by molar-refractivity contribution is -0.137. The van der Waals surface area contributed by atoms with E-state index in [-0.39, 0.29) is 22.9 Å². The molecular weight excluding hydrogens is 379 g/mol. The lowest BCUT2D eigenvalue weighted by atomic mass is 9.68. The summed E-state index contributed by atoms with van der Waals surface area (Å²) in [6, 6.07) is 11.4. The Morgan fingerprint density at radius 1 is 1.21 bits per heavy atom. The van der Waals surface area contributed by atoms with E-state index in [1.165, 1.54) is 0 Å². The van der Waals surface area contributed by atoms with Crippen molar-refractivity contribution in [2.45, 2.75) is 44.5 Å². The van der Waals surface area contributed by atoms with Crippen molar-refractivity contribution in [2.75, 3.05) is 11.5 Å². The van der Waals surface area contributed by atoms with Gasteiger partial charge in [0.25, 0.3) is 0 Å². The maximum absolute atomic E-state index is 13.4. The third-order valence-electron chi connectivity index (χ3n) is 5.66. The van der Waals surface area contributed by atoms with Crippen molar-refractivity contribution in [3.63, 3.8) is 0 Å². The van der Waals surface area contributed by atoms with E-state index in [0.717, 1.165) is 24.1 Å². The fraction of sp³-hybridized carbons (Fsp3) is 0.364. The van der Waals surface area contributed by atoms with Gasteiger partial charge in [0.15, 0.2) is 0 Å². The molecule has 1 fully saturated rings. The van der Waals surface area contributed by atoms with Gasteiger partial charge in [0.2, 0.25) is 0 Å². The molecule has 0 bridgehead atoms. The maximum atomic E-state index is 13.4. The van der Waals surface area contributed by atoms with Gasteiger partial charge in [-0.05, 0) is 54.6 Å². The summed E-state index contributed by atoms with van der Waals surface area (Å²) >= 11 is 0. The number of nitrogens with one attached hydrogen (secondary N) is 1. The Labute approximate surface area is 168 Å². The highest BCUT2D eigenvalue weighted by molar-refractivity contribution is 5.71. The number of halogens is 3. The first kappa shape index (κ1) is 21.0. The summed E-state index contributed by atoms with van der Waals surface area (Å²) in [6.07, 6.45) is -0.824. The number of alkyl halides is 3. The molecule has 0 saturated heterocycles. The van der Waals surface area contributed by atoms with Gasteiger partial charge in [-0.3, -0.25) is 0 Å². The quantitative estimate of drug-likeness (QED) is 0.562. The maximum Gasteiger partial charge on any atom is 0.416 e. The second-order valence-electron chi connectivity index (χ2n) is 7.62. The molecule has 6 N–H and O–H groups in total. The zero-order valence-corrected chi connectivity index (χ0v) is 16.3. The number of benzene rings is 2. The van der Waals surface area contributed by atoms with Gasteiger partial charge in [-0.1, -0.05) is 37.3 Å². The molecule has 1 saturated carbocycles. The first-order chi connectivity index (χ1) is 13.6. The van der Waals surface area contributed by atoms with Gasteiger partial charge in [0.1, 0.15) is 5.60 Å². The molecule has 156 valence electrons. The molecule has 0 amide bonds. The van der Waals surface area contributed by atoms with Crippen LogP contribution in [-0.4, -0.2) is 5.11 Å². The second kappa shape index (κ2) is 7.99. The predicted octanol–water partition coefficient (Wildman–Crippen LogP) is 4.55. The number of hydrogen-bond donors (Lipinski definition) is 4. The van der Waals surface area contributed by atoms with Crippen molar-refractivity contribution in [1.29, 1.82) is 0 Å². The Balaban J connectivity index is 2.01. The van der Waals surface area contributed by atoms with Crippen LogP contribution in [0.5, 0.6) is 0 Å². The molecule has 2 atom stereocenters. The molecule has 2 aromatic carbocycles. The standard InChI is InChI=1S/C22H26F3N3O/c1-14-6-5-9-16(13-28-12-15-7-3-2-4-8-15)21(14,29)18-10-17(22(23,24)25)11-19(26)20(18)27/h2-4,7-8,10-11,13-14,28-29H,5-6,9,12,26-27H2,1H3/b16-13+. The second-order valence-corrected chi connectivity index (χ2v) is 7.62. The van der Waals surface area contributed by atoms with Crippen LogP contribution in [-0.2, 0) is 18.3 Å². The van der Waals surface area contributed by atoms with E-state index in [0.29, 0.717) is 25.0 Å². The summed E-state index contributed by atoms with van der Waals surface area (Å²) in [6.45, 7) is 2.36. The van der Waals surface area contributed by atoms with E-state index in [9.17, 15) is 18.3 Å². The van der Waals surface area contributed by atoms with E-state index >= 15 is 0 Å². The Hall–Kier alpha value is -2.67. The lowest BCUT2D eigenvalue weighted by Crippen LogP contribution is -2.40. The van der Waals surface area contributed by atoms with Crippen molar-refractivity contribution in [1.82, 2.24) is 5.32 Å². The van der Waals surface area contributed by atoms with Gasteiger partial charge in [-0.2, -0.15) is 13.2 Å². The van der Waals surface area contributed by atoms with E-state index in [1.807, 2.05) is 37.3 Å². The van der Waals surface area contributed by atoms with Crippen LogP contribution in [0.2, 0.25) is 0 Å². The smallest absolute Gasteiger partial charge is 0.397 e. The number of hydrogen-bond acceptors (Lipinski definition) is 4. The minimum atomic E-state index is -4.58. The van der Waals surface area contributed by atoms with Crippen molar-refractivity contribution < 1.29 is 18.3 Å².